The highest BCUT2D eigenvalue weighted by molar-refractivity contribution is 5.79. The van der Waals surface area contributed by atoms with Crippen LogP contribution in [0.2, 0.25) is 0 Å². The van der Waals surface area contributed by atoms with Crippen molar-refractivity contribution in [3.05, 3.63) is 0 Å². The van der Waals surface area contributed by atoms with Crippen molar-refractivity contribution in [2.24, 2.45) is 0 Å². The SMILES string of the molecule is CC(CNC(=O)NCC(=O)O)N(C)C1CC1. The molecular weight excluding hydrogens is 210 g/mol. The van der Waals surface area contributed by atoms with Gasteiger partial charge in [0.15, 0.2) is 0 Å². The summed E-state index contributed by atoms with van der Waals surface area (Å²) in [7, 11) is 2.04. The number of amides is 2. The topological polar surface area (TPSA) is 81.7 Å². The molecule has 0 aliphatic heterocycles. The number of carbonyl (C=O) groups is 2. The lowest BCUT2D eigenvalue weighted by atomic mass is 10.3. The fourth-order valence-electron chi connectivity index (χ4n) is 1.44. The average molecular weight is 229 g/mol. The number of nitrogens with zero attached hydrogens (tertiary/aromatic N) is 1. The lowest BCUT2D eigenvalue weighted by Crippen LogP contribution is -2.45. The summed E-state index contributed by atoms with van der Waals surface area (Å²) in [6, 6.07) is 0.486. The molecule has 16 heavy (non-hydrogen) atoms. The van der Waals surface area contributed by atoms with Gasteiger partial charge in [0.2, 0.25) is 0 Å². The van der Waals surface area contributed by atoms with Crippen molar-refractivity contribution in [3.63, 3.8) is 0 Å². The van der Waals surface area contributed by atoms with Gasteiger partial charge in [0.1, 0.15) is 6.54 Å². The van der Waals surface area contributed by atoms with E-state index in [2.05, 4.69) is 15.5 Å². The Morgan fingerprint density at radius 1 is 1.44 bits per heavy atom. The molecule has 2 amide bonds. The van der Waals surface area contributed by atoms with Crippen LogP contribution >= 0.6 is 0 Å². The van der Waals surface area contributed by atoms with Crippen molar-refractivity contribution in [2.45, 2.75) is 31.8 Å². The molecule has 6 nitrogen and oxygen atoms in total. The van der Waals surface area contributed by atoms with E-state index in [1.54, 1.807) is 0 Å². The molecule has 0 saturated heterocycles. The molecule has 1 saturated carbocycles. The lowest BCUT2D eigenvalue weighted by Gasteiger charge is -2.24. The molecule has 92 valence electrons. The minimum Gasteiger partial charge on any atom is -0.480 e. The highest BCUT2D eigenvalue weighted by Gasteiger charge is 2.29. The van der Waals surface area contributed by atoms with Crippen LogP contribution in [0.3, 0.4) is 0 Å². The molecule has 0 heterocycles. The summed E-state index contributed by atoms with van der Waals surface area (Å²) in [4.78, 5) is 23.6. The van der Waals surface area contributed by atoms with E-state index < -0.39 is 12.0 Å². The maximum absolute atomic E-state index is 11.2. The molecule has 0 aromatic heterocycles. The summed E-state index contributed by atoms with van der Waals surface area (Å²) in [5.41, 5.74) is 0. The van der Waals surface area contributed by atoms with Gasteiger partial charge >= 0.3 is 12.0 Å². The van der Waals surface area contributed by atoms with Crippen LogP contribution in [0.25, 0.3) is 0 Å². The molecule has 1 fully saturated rings. The molecule has 0 bridgehead atoms. The number of urea groups is 1. The standard InChI is InChI=1S/C10H19N3O3/c1-7(13(2)8-3-4-8)5-11-10(16)12-6-9(14)15/h7-8H,3-6H2,1-2H3,(H,14,15)(H2,11,12,16). The monoisotopic (exact) mass is 229 g/mol. The molecule has 1 atom stereocenters. The zero-order valence-corrected chi connectivity index (χ0v) is 9.69. The molecular formula is C10H19N3O3. The number of carbonyl (C=O) groups excluding carboxylic acids is 1. The second-order valence-electron chi connectivity index (χ2n) is 4.20. The molecule has 3 N–H and O–H groups in total. The predicted molar refractivity (Wildman–Crippen MR) is 59.3 cm³/mol. The Morgan fingerprint density at radius 2 is 2.06 bits per heavy atom. The zero-order chi connectivity index (χ0) is 12.1. The summed E-state index contributed by atoms with van der Waals surface area (Å²) in [5.74, 6) is -1.04. The number of carboxylic acids is 1. The van der Waals surface area contributed by atoms with Crippen molar-refractivity contribution in [1.82, 2.24) is 15.5 Å². The van der Waals surface area contributed by atoms with Crippen molar-refractivity contribution < 1.29 is 14.7 Å². The van der Waals surface area contributed by atoms with Gasteiger partial charge < -0.3 is 15.7 Å². The van der Waals surface area contributed by atoms with Crippen molar-refractivity contribution in [2.75, 3.05) is 20.1 Å². The van der Waals surface area contributed by atoms with E-state index in [0.717, 1.165) is 0 Å². The van der Waals surface area contributed by atoms with E-state index in [0.29, 0.717) is 12.6 Å². The minimum atomic E-state index is -1.04. The second kappa shape index (κ2) is 5.69. The smallest absolute Gasteiger partial charge is 0.323 e. The molecule has 1 aliphatic rings. The number of hydrogen-bond acceptors (Lipinski definition) is 3. The van der Waals surface area contributed by atoms with Gasteiger partial charge in [-0.3, -0.25) is 9.69 Å². The van der Waals surface area contributed by atoms with Gasteiger partial charge in [-0.25, -0.2) is 4.79 Å². The van der Waals surface area contributed by atoms with Crippen molar-refractivity contribution >= 4 is 12.0 Å². The lowest BCUT2D eigenvalue weighted by molar-refractivity contribution is -0.135. The molecule has 0 aromatic rings. The molecule has 1 unspecified atom stereocenters. The number of hydrogen-bond donors (Lipinski definition) is 3. The van der Waals surface area contributed by atoms with E-state index in [-0.39, 0.29) is 12.6 Å². The van der Waals surface area contributed by atoms with Gasteiger partial charge in [-0.05, 0) is 26.8 Å². The number of aliphatic carboxylic acids is 1. The van der Waals surface area contributed by atoms with E-state index >= 15 is 0 Å². The van der Waals surface area contributed by atoms with E-state index in [4.69, 9.17) is 5.11 Å². The maximum atomic E-state index is 11.2. The number of nitrogens with one attached hydrogen (secondary N) is 2. The van der Waals surface area contributed by atoms with Crippen molar-refractivity contribution in [1.29, 1.82) is 0 Å². The summed E-state index contributed by atoms with van der Waals surface area (Å²) >= 11 is 0. The van der Waals surface area contributed by atoms with E-state index in [1.807, 2.05) is 14.0 Å². The number of rotatable bonds is 6. The first-order chi connectivity index (χ1) is 7.50. The third-order valence-electron chi connectivity index (χ3n) is 2.78. The first-order valence-corrected chi connectivity index (χ1v) is 5.46. The Morgan fingerprint density at radius 3 is 2.56 bits per heavy atom. The van der Waals surface area contributed by atoms with Crippen LogP contribution in [-0.4, -0.2) is 54.2 Å². The largest absolute Gasteiger partial charge is 0.480 e. The van der Waals surface area contributed by atoms with E-state index in [1.165, 1.54) is 12.8 Å². The molecule has 1 aliphatic carbocycles. The fourth-order valence-corrected chi connectivity index (χ4v) is 1.44. The molecule has 1 rings (SSSR count). The van der Waals surface area contributed by atoms with Crippen LogP contribution in [0.5, 0.6) is 0 Å². The Bertz CT molecular complexity index is 266. The molecule has 0 radical (unpaired) electrons. The second-order valence-corrected chi connectivity index (χ2v) is 4.20. The highest BCUT2D eigenvalue weighted by atomic mass is 16.4. The predicted octanol–water partition coefficient (Wildman–Crippen LogP) is -0.147. The Balaban J connectivity index is 2.12. The van der Waals surface area contributed by atoms with Crippen LogP contribution in [-0.2, 0) is 4.79 Å². The van der Waals surface area contributed by atoms with Gasteiger partial charge in [0, 0.05) is 18.6 Å². The highest BCUT2D eigenvalue weighted by Crippen LogP contribution is 2.26. The van der Waals surface area contributed by atoms with Crippen LogP contribution < -0.4 is 10.6 Å². The van der Waals surface area contributed by atoms with Crippen LogP contribution in [0.1, 0.15) is 19.8 Å². The number of carboxylic acid groups (broad SMARTS) is 1. The van der Waals surface area contributed by atoms with E-state index in [9.17, 15) is 9.59 Å². The number of likely N-dealkylation sites (N-methyl/N-ethyl adjacent to an activating group) is 1. The van der Waals surface area contributed by atoms with Crippen LogP contribution in [0.4, 0.5) is 4.79 Å². The Hall–Kier alpha value is -1.30. The normalized spacial score (nSPS) is 16.9. The fraction of sp³-hybridized carbons (Fsp3) is 0.800. The van der Waals surface area contributed by atoms with Gasteiger partial charge in [0.25, 0.3) is 0 Å². The summed E-state index contributed by atoms with van der Waals surface area (Å²) in [5, 5.41) is 13.3. The molecule has 6 heteroatoms. The van der Waals surface area contributed by atoms with Gasteiger partial charge in [0.05, 0.1) is 0 Å². The summed E-state index contributed by atoms with van der Waals surface area (Å²) in [6.07, 6.45) is 2.46. The summed E-state index contributed by atoms with van der Waals surface area (Å²) < 4.78 is 0. The molecule has 0 aromatic carbocycles. The first kappa shape index (κ1) is 12.8. The van der Waals surface area contributed by atoms with Gasteiger partial charge in [-0.1, -0.05) is 0 Å². The Labute approximate surface area is 95.0 Å². The molecule has 0 spiro atoms. The third kappa shape index (κ3) is 4.48. The minimum absolute atomic E-state index is 0.267. The van der Waals surface area contributed by atoms with Gasteiger partial charge in [-0.15, -0.1) is 0 Å². The average Bonchev–Trinajstić information content (AvgIpc) is 3.05. The van der Waals surface area contributed by atoms with Crippen LogP contribution in [0, 0.1) is 0 Å². The quantitative estimate of drug-likeness (QED) is 0.592. The van der Waals surface area contributed by atoms with Crippen molar-refractivity contribution in [3.8, 4) is 0 Å². The van der Waals surface area contributed by atoms with Crippen LogP contribution in [0.15, 0.2) is 0 Å². The first-order valence-electron chi connectivity index (χ1n) is 5.46. The Kier molecular flexibility index (Phi) is 4.54. The summed E-state index contributed by atoms with van der Waals surface area (Å²) in [6.45, 7) is 2.22. The van der Waals surface area contributed by atoms with Gasteiger partial charge in [-0.2, -0.15) is 0 Å². The third-order valence-corrected chi connectivity index (χ3v) is 2.78. The zero-order valence-electron chi connectivity index (χ0n) is 9.69. The maximum Gasteiger partial charge on any atom is 0.323 e.